The molecule has 35 heavy (non-hydrogen) atoms. The van der Waals surface area contributed by atoms with Crippen molar-refractivity contribution in [2.24, 2.45) is 4.99 Å². The molecule has 0 aliphatic carbocycles. The molecule has 1 amide bonds. The van der Waals surface area contributed by atoms with Gasteiger partial charge in [0.05, 0.1) is 27.4 Å². The SMILES string of the molecule is COCCn1c(=NC(=O)c2ccc(S(=O)(=O)N(C)c3ccccc3)cc2)sc2ccc(Cl)c(C)c21. The number of rotatable bonds is 7. The van der Waals surface area contributed by atoms with Gasteiger partial charge in [-0.2, -0.15) is 4.99 Å². The van der Waals surface area contributed by atoms with Crippen molar-refractivity contribution in [2.45, 2.75) is 18.4 Å². The van der Waals surface area contributed by atoms with Crippen molar-refractivity contribution in [3.63, 3.8) is 0 Å². The first-order valence-electron chi connectivity index (χ1n) is 10.7. The molecular formula is C25H24ClN3O4S2. The van der Waals surface area contributed by atoms with Gasteiger partial charge in [0.1, 0.15) is 0 Å². The summed E-state index contributed by atoms with van der Waals surface area (Å²) in [5, 5.41) is 0.636. The zero-order valence-corrected chi connectivity index (χ0v) is 21.8. The number of amides is 1. The molecule has 4 rings (SSSR count). The van der Waals surface area contributed by atoms with Gasteiger partial charge in [-0.25, -0.2) is 8.42 Å². The average molecular weight is 530 g/mol. The highest BCUT2D eigenvalue weighted by atomic mass is 35.5. The molecule has 1 heterocycles. The summed E-state index contributed by atoms with van der Waals surface area (Å²) in [6.45, 7) is 2.88. The summed E-state index contributed by atoms with van der Waals surface area (Å²) in [4.78, 5) is 18.0. The number of carbonyl (C=O) groups is 1. The second-order valence-corrected chi connectivity index (χ2v) is 11.2. The number of ether oxygens (including phenoxy) is 1. The molecule has 0 saturated carbocycles. The molecule has 7 nitrogen and oxygen atoms in total. The van der Waals surface area contributed by atoms with E-state index in [4.69, 9.17) is 16.3 Å². The van der Waals surface area contributed by atoms with Crippen molar-refractivity contribution in [1.29, 1.82) is 0 Å². The Morgan fingerprint density at radius 2 is 1.77 bits per heavy atom. The Kier molecular flexibility index (Phi) is 7.42. The van der Waals surface area contributed by atoms with Crippen molar-refractivity contribution in [3.8, 4) is 0 Å². The Morgan fingerprint density at radius 3 is 2.43 bits per heavy atom. The van der Waals surface area contributed by atoms with Crippen LogP contribution < -0.4 is 9.11 Å². The summed E-state index contributed by atoms with van der Waals surface area (Å²) < 4.78 is 35.3. The van der Waals surface area contributed by atoms with Crippen LogP contribution in [0, 0.1) is 6.92 Å². The normalized spacial score (nSPS) is 12.3. The van der Waals surface area contributed by atoms with Gasteiger partial charge in [0.2, 0.25) is 0 Å². The first kappa shape index (κ1) is 25.1. The highest BCUT2D eigenvalue weighted by Crippen LogP contribution is 2.27. The van der Waals surface area contributed by atoms with Gasteiger partial charge in [-0.3, -0.25) is 9.10 Å². The van der Waals surface area contributed by atoms with Crippen LogP contribution in [-0.2, 0) is 21.3 Å². The molecule has 0 spiro atoms. The fraction of sp³-hybridized carbons (Fsp3) is 0.200. The Balaban J connectivity index is 1.68. The number of hydrogen-bond acceptors (Lipinski definition) is 5. The fourth-order valence-electron chi connectivity index (χ4n) is 3.65. The molecule has 1 aromatic heterocycles. The lowest BCUT2D eigenvalue weighted by Gasteiger charge is -2.19. The third kappa shape index (κ3) is 5.04. The van der Waals surface area contributed by atoms with E-state index in [0.29, 0.717) is 28.7 Å². The van der Waals surface area contributed by atoms with Gasteiger partial charge in [-0.05, 0) is 61.0 Å². The maximum absolute atomic E-state index is 13.0. The molecule has 0 radical (unpaired) electrons. The fourth-order valence-corrected chi connectivity index (χ4v) is 6.11. The topological polar surface area (TPSA) is 81.0 Å². The summed E-state index contributed by atoms with van der Waals surface area (Å²) in [5.41, 5.74) is 2.65. The zero-order chi connectivity index (χ0) is 25.2. The monoisotopic (exact) mass is 529 g/mol. The smallest absolute Gasteiger partial charge is 0.279 e. The number of benzene rings is 3. The predicted octanol–water partition coefficient (Wildman–Crippen LogP) is 4.88. The highest BCUT2D eigenvalue weighted by Gasteiger charge is 2.21. The molecule has 4 aromatic rings. The second-order valence-electron chi connectivity index (χ2n) is 7.80. The minimum atomic E-state index is -3.77. The van der Waals surface area contributed by atoms with Gasteiger partial charge in [0.25, 0.3) is 15.9 Å². The number of anilines is 1. The van der Waals surface area contributed by atoms with E-state index in [1.807, 2.05) is 29.7 Å². The van der Waals surface area contributed by atoms with E-state index in [2.05, 4.69) is 4.99 Å². The van der Waals surface area contributed by atoms with Crippen LogP contribution in [0.4, 0.5) is 5.69 Å². The summed E-state index contributed by atoms with van der Waals surface area (Å²) in [7, 11) is -0.667. The molecule has 182 valence electrons. The van der Waals surface area contributed by atoms with Crippen LogP contribution in [0.25, 0.3) is 10.2 Å². The molecule has 0 saturated heterocycles. The maximum Gasteiger partial charge on any atom is 0.279 e. The van der Waals surface area contributed by atoms with Gasteiger partial charge in [-0.15, -0.1) is 0 Å². The van der Waals surface area contributed by atoms with E-state index in [0.717, 1.165) is 15.8 Å². The second kappa shape index (κ2) is 10.3. The first-order chi connectivity index (χ1) is 16.7. The number of thiazole rings is 1. The third-order valence-corrected chi connectivity index (χ3v) is 8.88. The Bertz CT molecular complexity index is 1540. The number of sulfonamides is 1. The van der Waals surface area contributed by atoms with E-state index in [1.54, 1.807) is 31.4 Å². The van der Waals surface area contributed by atoms with E-state index < -0.39 is 15.9 Å². The summed E-state index contributed by atoms with van der Waals surface area (Å²) in [5.74, 6) is -0.466. The number of carbonyl (C=O) groups excluding carboxylic acids is 1. The molecule has 0 atom stereocenters. The minimum absolute atomic E-state index is 0.0858. The molecule has 0 fully saturated rings. The molecule has 3 aromatic carbocycles. The van der Waals surface area contributed by atoms with Gasteiger partial charge >= 0.3 is 0 Å². The van der Waals surface area contributed by atoms with Gasteiger partial charge in [0, 0.05) is 31.3 Å². The third-order valence-electron chi connectivity index (χ3n) is 5.63. The number of nitrogens with zero attached hydrogens (tertiary/aromatic N) is 3. The molecule has 10 heteroatoms. The quantitative estimate of drug-likeness (QED) is 0.342. The van der Waals surface area contributed by atoms with Crippen molar-refractivity contribution < 1.29 is 17.9 Å². The van der Waals surface area contributed by atoms with Crippen molar-refractivity contribution >= 4 is 54.8 Å². The number of hydrogen-bond donors (Lipinski definition) is 0. The summed E-state index contributed by atoms with van der Waals surface area (Å²) in [6.07, 6.45) is 0. The van der Waals surface area contributed by atoms with Crippen LogP contribution in [-0.4, -0.2) is 39.7 Å². The van der Waals surface area contributed by atoms with Crippen LogP contribution in [0.1, 0.15) is 15.9 Å². The molecule has 0 aliphatic rings. The number of aromatic nitrogens is 1. The number of aryl methyl sites for hydroxylation is 1. The number of halogens is 1. The lowest BCUT2D eigenvalue weighted by molar-refractivity contribution is 0.0997. The van der Waals surface area contributed by atoms with Crippen molar-refractivity contribution in [1.82, 2.24) is 4.57 Å². The molecule has 0 unspecified atom stereocenters. The van der Waals surface area contributed by atoms with E-state index in [9.17, 15) is 13.2 Å². The van der Waals surface area contributed by atoms with Gasteiger partial charge < -0.3 is 9.30 Å². The molecule has 0 bridgehead atoms. The van der Waals surface area contributed by atoms with E-state index in [1.165, 1.54) is 47.0 Å². The first-order valence-corrected chi connectivity index (χ1v) is 13.4. The average Bonchev–Trinajstić information content (AvgIpc) is 3.22. The van der Waals surface area contributed by atoms with Gasteiger partial charge in [0.15, 0.2) is 4.80 Å². The number of para-hydroxylation sites is 1. The lowest BCUT2D eigenvalue weighted by atomic mass is 10.2. The summed E-state index contributed by atoms with van der Waals surface area (Å²) in [6, 6.07) is 18.3. The minimum Gasteiger partial charge on any atom is -0.383 e. The maximum atomic E-state index is 13.0. The van der Waals surface area contributed by atoms with Crippen molar-refractivity contribution in [3.05, 3.63) is 87.7 Å². The van der Waals surface area contributed by atoms with Crippen molar-refractivity contribution in [2.75, 3.05) is 25.1 Å². The van der Waals surface area contributed by atoms with Gasteiger partial charge in [-0.1, -0.05) is 41.1 Å². The largest absolute Gasteiger partial charge is 0.383 e. The predicted molar refractivity (Wildman–Crippen MR) is 140 cm³/mol. The molecular weight excluding hydrogens is 506 g/mol. The van der Waals surface area contributed by atoms with Crippen LogP contribution in [0.15, 0.2) is 76.6 Å². The standard InChI is InChI=1S/C25H24ClN3O4S2/c1-17-21(26)13-14-22-23(17)29(15-16-33-3)25(34-22)27-24(30)18-9-11-20(12-10-18)35(31,32)28(2)19-7-5-4-6-8-19/h4-14H,15-16H2,1-3H3. The summed E-state index contributed by atoms with van der Waals surface area (Å²) >= 11 is 7.72. The molecule has 0 aliphatic heterocycles. The number of fused-ring (bicyclic) bond motifs is 1. The van der Waals surface area contributed by atoms with Crippen LogP contribution in [0.3, 0.4) is 0 Å². The Labute approximate surface area is 212 Å². The lowest BCUT2D eigenvalue weighted by Crippen LogP contribution is -2.26. The number of methoxy groups -OCH3 is 1. The van der Waals surface area contributed by atoms with E-state index in [-0.39, 0.29) is 10.5 Å². The van der Waals surface area contributed by atoms with Crippen LogP contribution in [0.5, 0.6) is 0 Å². The van der Waals surface area contributed by atoms with Crippen LogP contribution >= 0.6 is 22.9 Å². The Hall–Kier alpha value is -2.98. The van der Waals surface area contributed by atoms with E-state index >= 15 is 0 Å². The Morgan fingerprint density at radius 1 is 1.09 bits per heavy atom. The highest BCUT2D eigenvalue weighted by molar-refractivity contribution is 7.92. The van der Waals surface area contributed by atoms with Crippen LogP contribution in [0.2, 0.25) is 5.02 Å². The molecule has 0 N–H and O–H groups in total. The zero-order valence-electron chi connectivity index (χ0n) is 19.4.